The standard InChI is InChI=1S/C21H27N5O2/c1-13(2)15-6-8-16(9-7-15)19(14(3)4)24-18(27)11-26-12-22-20-17(21(26)28)10-23-25(20)5/h6-10,12-14,19H,11H2,1-5H3,(H,24,27). The molecule has 2 heterocycles. The Morgan fingerprint density at radius 1 is 1.11 bits per heavy atom. The molecule has 1 amide bonds. The van der Waals surface area contributed by atoms with Gasteiger partial charge in [-0.25, -0.2) is 4.98 Å². The predicted molar refractivity (Wildman–Crippen MR) is 109 cm³/mol. The molecule has 1 atom stereocenters. The first-order valence-corrected chi connectivity index (χ1v) is 9.54. The van der Waals surface area contributed by atoms with Crippen LogP contribution in [0.2, 0.25) is 0 Å². The summed E-state index contributed by atoms with van der Waals surface area (Å²) in [6.45, 7) is 8.36. The number of carbonyl (C=O) groups is 1. The summed E-state index contributed by atoms with van der Waals surface area (Å²) in [5.74, 6) is 0.450. The Hall–Kier alpha value is -2.96. The minimum Gasteiger partial charge on any atom is -0.347 e. The second kappa shape index (κ2) is 7.96. The molecule has 3 rings (SSSR count). The topological polar surface area (TPSA) is 81.8 Å². The molecule has 0 saturated heterocycles. The third-order valence-electron chi connectivity index (χ3n) is 4.98. The average molecular weight is 381 g/mol. The van der Waals surface area contributed by atoms with Crippen molar-refractivity contribution in [1.29, 1.82) is 0 Å². The zero-order valence-electron chi connectivity index (χ0n) is 17.0. The molecule has 1 N–H and O–H groups in total. The van der Waals surface area contributed by atoms with E-state index in [1.165, 1.54) is 27.3 Å². The molecule has 0 spiro atoms. The number of rotatable bonds is 6. The molecule has 1 aromatic carbocycles. The van der Waals surface area contributed by atoms with Crippen molar-refractivity contribution in [3.63, 3.8) is 0 Å². The van der Waals surface area contributed by atoms with Crippen molar-refractivity contribution in [2.75, 3.05) is 0 Å². The molecule has 28 heavy (non-hydrogen) atoms. The molecular formula is C21H27N5O2. The molecule has 2 aromatic heterocycles. The number of aryl methyl sites for hydroxylation is 1. The predicted octanol–water partition coefficient (Wildman–Crippen LogP) is 2.77. The first-order chi connectivity index (χ1) is 13.3. The Kier molecular flexibility index (Phi) is 5.63. The van der Waals surface area contributed by atoms with Crippen LogP contribution in [0.25, 0.3) is 11.0 Å². The zero-order valence-corrected chi connectivity index (χ0v) is 17.0. The Labute approximate surface area is 164 Å². The molecule has 3 aromatic rings. The summed E-state index contributed by atoms with van der Waals surface area (Å²) in [5, 5.41) is 7.52. The van der Waals surface area contributed by atoms with Gasteiger partial charge in [0.2, 0.25) is 5.91 Å². The van der Waals surface area contributed by atoms with Gasteiger partial charge in [0.25, 0.3) is 5.56 Å². The van der Waals surface area contributed by atoms with Crippen molar-refractivity contribution >= 4 is 16.9 Å². The fraction of sp³-hybridized carbons (Fsp3) is 0.429. The van der Waals surface area contributed by atoms with Crippen LogP contribution in [-0.2, 0) is 18.4 Å². The van der Waals surface area contributed by atoms with Gasteiger partial charge in [-0.3, -0.25) is 18.8 Å². The molecule has 7 heteroatoms. The molecule has 0 saturated carbocycles. The van der Waals surface area contributed by atoms with E-state index in [0.29, 0.717) is 17.0 Å². The van der Waals surface area contributed by atoms with Gasteiger partial charge < -0.3 is 5.32 Å². The maximum absolute atomic E-state index is 12.6. The number of fused-ring (bicyclic) bond motifs is 1. The molecule has 0 aliphatic carbocycles. The van der Waals surface area contributed by atoms with E-state index in [9.17, 15) is 9.59 Å². The van der Waals surface area contributed by atoms with Crippen LogP contribution in [0.15, 0.2) is 41.6 Å². The van der Waals surface area contributed by atoms with E-state index in [4.69, 9.17) is 0 Å². The summed E-state index contributed by atoms with van der Waals surface area (Å²) in [7, 11) is 1.73. The second-order valence-electron chi connectivity index (χ2n) is 7.79. The van der Waals surface area contributed by atoms with Gasteiger partial charge >= 0.3 is 0 Å². The molecule has 1 unspecified atom stereocenters. The van der Waals surface area contributed by atoms with E-state index >= 15 is 0 Å². The lowest BCUT2D eigenvalue weighted by molar-refractivity contribution is -0.122. The van der Waals surface area contributed by atoms with Crippen LogP contribution in [0, 0.1) is 5.92 Å². The number of hydrogen-bond acceptors (Lipinski definition) is 4. The van der Waals surface area contributed by atoms with E-state index in [-0.39, 0.29) is 30.0 Å². The minimum absolute atomic E-state index is 0.0794. The lowest BCUT2D eigenvalue weighted by atomic mass is 9.93. The molecular weight excluding hydrogens is 354 g/mol. The number of carbonyl (C=O) groups excluding carboxylic acids is 1. The first kappa shape index (κ1) is 19.8. The Morgan fingerprint density at radius 2 is 1.75 bits per heavy atom. The van der Waals surface area contributed by atoms with Crippen molar-refractivity contribution in [1.82, 2.24) is 24.6 Å². The number of aromatic nitrogens is 4. The fourth-order valence-electron chi connectivity index (χ4n) is 3.28. The highest BCUT2D eigenvalue weighted by atomic mass is 16.2. The van der Waals surface area contributed by atoms with Crippen molar-refractivity contribution in [3.8, 4) is 0 Å². The molecule has 0 bridgehead atoms. The van der Waals surface area contributed by atoms with Crippen LogP contribution in [0.1, 0.15) is 50.8 Å². The van der Waals surface area contributed by atoms with Crippen molar-refractivity contribution in [3.05, 3.63) is 58.3 Å². The fourth-order valence-corrected chi connectivity index (χ4v) is 3.28. The highest BCUT2D eigenvalue weighted by molar-refractivity contribution is 5.77. The van der Waals surface area contributed by atoms with Gasteiger partial charge in [0.1, 0.15) is 18.3 Å². The second-order valence-corrected chi connectivity index (χ2v) is 7.79. The Bertz CT molecular complexity index is 1030. The Morgan fingerprint density at radius 3 is 2.36 bits per heavy atom. The summed E-state index contributed by atoms with van der Waals surface area (Å²) in [6, 6.07) is 8.21. The molecule has 148 valence electrons. The lowest BCUT2D eigenvalue weighted by Gasteiger charge is -2.23. The van der Waals surface area contributed by atoms with Crippen LogP contribution in [0.3, 0.4) is 0 Å². The van der Waals surface area contributed by atoms with E-state index in [0.717, 1.165) is 5.56 Å². The van der Waals surface area contributed by atoms with Crippen LogP contribution in [0.4, 0.5) is 0 Å². The van der Waals surface area contributed by atoms with Crippen LogP contribution in [-0.4, -0.2) is 25.2 Å². The van der Waals surface area contributed by atoms with Gasteiger partial charge in [-0.1, -0.05) is 52.0 Å². The van der Waals surface area contributed by atoms with Gasteiger partial charge in [0, 0.05) is 7.05 Å². The molecule has 0 aliphatic heterocycles. The largest absolute Gasteiger partial charge is 0.347 e. The summed E-state index contributed by atoms with van der Waals surface area (Å²) in [4.78, 5) is 29.4. The first-order valence-electron chi connectivity index (χ1n) is 9.54. The SMILES string of the molecule is CC(C)c1ccc(C(NC(=O)Cn2cnc3c(cnn3C)c2=O)C(C)C)cc1. The number of nitrogens with zero attached hydrogens (tertiary/aromatic N) is 4. The molecule has 0 radical (unpaired) electrons. The highest BCUT2D eigenvalue weighted by Crippen LogP contribution is 2.24. The number of hydrogen-bond donors (Lipinski definition) is 1. The van der Waals surface area contributed by atoms with E-state index in [2.05, 4.69) is 67.4 Å². The summed E-state index contributed by atoms with van der Waals surface area (Å²) >= 11 is 0. The molecule has 0 aliphatic rings. The van der Waals surface area contributed by atoms with Gasteiger partial charge in [0.15, 0.2) is 5.65 Å². The molecule has 7 nitrogen and oxygen atoms in total. The van der Waals surface area contributed by atoms with Crippen molar-refractivity contribution in [2.45, 2.75) is 46.2 Å². The van der Waals surface area contributed by atoms with Crippen molar-refractivity contribution in [2.24, 2.45) is 13.0 Å². The molecule has 0 fully saturated rings. The monoisotopic (exact) mass is 381 g/mol. The maximum Gasteiger partial charge on any atom is 0.264 e. The van der Waals surface area contributed by atoms with Gasteiger partial charge in [-0.15, -0.1) is 0 Å². The van der Waals surface area contributed by atoms with Crippen LogP contribution >= 0.6 is 0 Å². The zero-order chi connectivity index (χ0) is 20.4. The minimum atomic E-state index is -0.268. The summed E-state index contributed by atoms with van der Waals surface area (Å²) in [6.07, 6.45) is 2.88. The third-order valence-corrected chi connectivity index (χ3v) is 4.98. The van der Waals surface area contributed by atoms with Gasteiger partial charge in [-0.05, 0) is 23.0 Å². The van der Waals surface area contributed by atoms with Crippen molar-refractivity contribution < 1.29 is 4.79 Å². The number of benzene rings is 1. The van der Waals surface area contributed by atoms with Gasteiger partial charge in [-0.2, -0.15) is 5.10 Å². The maximum atomic E-state index is 12.6. The van der Waals surface area contributed by atoms with E-state index < -0.39 is 0 Å². The van der Waals surface area contributed by atoms with Gasteiger partial charge in [0.05, 0.1) is 12.2 Å². The normalized spacial score (nSPS) is 12.7. The smallest absolute Gasteiger partial charge is 0.264 e. The summed E-state index contributed by atoms with van der Waals surface area (Å²) < 4.78 is 2.86. The van der Waals surface area contributed by atoms with Crippen LogP contribution in [0.5, 0.6) is 0 Å². The third kappa shape index (κ3) is 3.98. The number of nitrogens with one attached hydrogen (secondary N) is 1. The average Bonchev–Trinajstić information content (AvgIpc) is 3.03. The number of amides is 1. The lowest BCUT2D eigenvalue weighted by Crippen LogP contribution is -2.36. The Balaban J connectivity index is 1.78. The highest BCUT2D eigenvalue weighted by Gasteiger charge is 2.19. The van der Waals surface area contributed by atoms with E-state index in [1.807, 2.05) is 0 Å². The quantitative estimate of drug-likeness (QED) is 0.712. The summed E-state index contributed by atoms with van der Waals surface area (Å²) in [5.41, 5.74) is 2.56. The van der Waals surface area contributed by atoms with Crippen LogP contribution < -0.4 is 10.9 Å². The van der Waals surface area contributed by atoms with E-state index in [1.54, 1.807) is 7.05 Å².